The SMILES string of the molecule is C=C(c1cc(C(=O)CN(C)C2(c3cc(OCC)c(OCC)c(F)c3C=N)CC2)cc(C(C)(C)C)c1)N1CCOCC1. The molecule has 0 unspecified atom stereocenters. The summed E-state index contributed by atoms with van der Waals surface area (Å²) in [6.07, 6.45) is 2.53. The molecule has 2 aromatic carbocycles. The van der Waals surface area contributed by atoms with Gasteiger partial charge < -0.3 is 24.5 Å². The first kappa shape index (κ1) is 30.7. The molecule has 2 fully saturated rings. The van der Waals surface area contributed by atoms with Crippen molar-refractivity contribution >= 4 is 17.7 Å². The highest BCUT2D eigenvalue weighted by Gasteiger charge is 2.50. The molecule has 41 heavy (non-hydrogen) atoms. The molecule has 0 bridgehead atoms. The molecular weight excluding hydrogens is 521 g/mol. The summed E-state index contributed by atoms with van der Waals surface area (Å²) in [5.74, 6) is -0.271. The first-order valence-corrected chi connectivity index (χ1v) is 14.5. The van der Waals surface area contributed by atoms with E-state index >= 15 is 4.39 Å². The zero-order chi connectivity index (χ0) is 29.9. The molecule has 1 heterocycles. The Morgan fingerprint density at radius 3 is 2.32 bits per heavy atom. The van der Waals surface area contributed by atoms with Crippen molar-refractivity contribution in [1.29, 1.82) is 5.41 Å². The number of benzene rings is 2. The first-order chi connectivity index (χ1) is 19.5. The molecular formula is C33H44FN3O4. The Balaban J connectivity index is 1.66. The van der Waals surface area contributed by atoms with Gasteiger partial charge in [0.1, 0.15) is 0 Å². The number of ether oxygens (including phenoxy) is 3. The number of rotatable bonds is 12. The van der Waals surface area contributed by atoms with Gasteiger partial charge in [0.05, 0.1) is 33.0 Å². The first-order valence-electron chi connectivity index (χ1n) is 14.5. The normalized spacial score (nSPS) is 16.4. The molecule has 8 heteroatoms. The zero-order valence-electron chi connectivity index (χ0n) is 25.4. The summed E-state index contributed by atoms with van der Waals surface area (Å²) in [5.41, 5.74) is 3.62. The van der Waals surface area contributed by atoms with Gasteiger partial charge >= 0.3 is 0 Å². The summed E-state index contributed by atoms with van der Waals surface area (Å²) in [5, 5.41) is 8.01. The van der Waals surface area contributed by atoms with E-state index in [-0.39, 0.29) is 35.7 Å². The molecule has 2 aromatic rings. The third-order valence-corrected chi connectivity index (χ3v) is 8.14. The minimum atomic E-state index is -0.599. The van der Waals surface area contributed by atoms with Crippen molar-refractivity contribution in [2.45, 2.75) is 58.4 Å². The number of carbonyl (C=O) groups is 1. The Morgan fingerprint density at radius 1 is 1.12 bits per heavy atom. The highest BCUT2D eigenvalue weighted by molar-refractivity contribution is 5.98. The Kier molecular flexibility index (Phi) is 9.24. The standard InChI is InChI=1S/C33H44FN3O4/c1-8-40-29-19-27(26(20-35)30(34)31(29)41-9-2)33(10-11-33)36(7)21-28(38)24-16-23(17-25(18-24)32(4,5)6)22(3)37-12-14-39-15-13-37/h16-20,35H,3,8-15,21H2,1-2,4-7H3. The predicted octanol–water partition coefficient (Wildman–Crippen LogP) is 6.02. The fourth-order valence-corrected chi connectivity index (χ4v) is 5.53. The Bertz CT molecular complexity index is 1310. The topological polar surface area (TPSA) is 75.1 Å². The second-order valence-corrected chi connectivity index (χ2v) is 11.9. The lowest BCUT2D eigenvalue weighted by atomic mass is 9.84. The summed E-state index contributed by atoms with van der Waals surface area (Å²) in [4.78, 5) is 18.1. The van der Waals surface area contributed by atoms with Gasteiger partial charge in [-0.2, -0.15) is 0 Å². The molecule has 0 radical (unpaired) electrons. The molecule has 1 aliphatic carbocycles. The Labute approximate surface area is 243 Å². The highest BCUT2D eigenvalue weighted by Crippen LogP contribution is 2.53. The number of likely N-dealkylation sites (N-methyl/N-ethyl adjacent to an activating group) is 1. The second kappa shape index (κ2) is 12.3. The quantitative estimate of drug-likeness (QED) is 0.250. The van der Waals surface area contributed by atoms with E-state index in [1.807, 2.05) is 31.0 Å². The molecule has 0 atom stereocenters. The molecule has 2 aliphatic rings. The molecule has 1 saturated carbocycles. The minimum Gasteiger partial charge on any atom is -0.490 e. The zero-order valence-corrected chi connectivity index (χ0v) is 25.4. The predicted molar refractivity (Wildman–Crippen MR) is 161 cm³/mol. The fourth-order valence-electron chi connectivity index (χ4n) is 5.53. The van der Waals surface area contributed by atoms with Crippen molar-refractivity contribution in [3.8, 4) is 11.5 Å². The lowest BCUT2D eigenvalue weighted by molar-refractivity contribution is 0.0640. The van der Waals surface area contributed by atoms with Gasteiger partial charge in [0.15, 0.2) is 23.1 Å². The van der Waals surface area contributed by atoms with Crippen LogP contribution in [-0.4, -0.2) is 74.9 Å². The molecule has 4 rings (SSSR count). The summed E-state index contributed by atoms with van der Waals surface area (Å²) < 4.78 is 32.4. The van der Waals surface area contributed by atoms with Gasteiger partial charge in [-0.15, -0.1) is 0 Å². The third kappa shape index (κ3) is 6.33. The van der Waals surface area contributed by atoms with E-state index in [0.717, 1.165) is 49.0 Å². The maximum atomic E-state index is 15.6. The van der Waals surface area contributed by atoms with Crippen LogP contribution in [0.5, 0.6) is 11.5 Å². The van der Waals surface area contributed by atoms with Crippen molar-refractivity contribution < 1.29 is 23.4 Å². The number of nitrogens with one attached hydrogen (secondary N) is 1. The van der Waals surface area contributed by atoms with Crippen LogP contribution in [0.25, 0.3) is 5.70 Å². The van der Waals surface area contributed by atoms with Crippen molar-refractivity contribution in [3.05, 3.63) is 64.5 Å². The second-order valence-electron chi connectivity index (χ2n) is 11.9. The number of halogens is 1. The van der Waals surface area contributed by atoms with E-state index in [9.17, 15) is 4.79 Å². The van der Waals surface area contributed by atoms with E-state index in [0.29, 0.717) is 36.7 Å². The van der Waals surface area contributed by atoms with Crippen molar-refractivity contribution in [3.63, 3.8) is 0 Å². The number of nitrogens with zero attached hydrogens (tertiary/aromatic N) is 2. The number of hydrogen-bond acceptors (Lipinski definition) is 7. The summed E-state index contributed by atoms with van der Waals surface area (Å²) in [6.45, 7) is 18.0. The van der Waals surface area contributed by atoms with Crippen LogP contribution in [0.3, 0.4) is 0 Å². The van der Waals surface area contributed by atoms with Crippen LogP contribution in [-0.2, 0) is 15.7 Å². The minimum absolute atomic E-state index is 0.0197. The molecule has 0 spiro atoms. The molecule has 1 N–H and O–H groups in total. The van der Waals surface area contributed by atoms with E-state index in [4.69, 9.17) is 19.6 Å². The van der Waals surface area contributed by atoms with Gasteiger partial charge in [0.2, 0.25) is 0 Å². The van der Waals surface area contributed by atoms with Crippen LogP contribution in [0, 0.1) is 11.2 Å². The van der Waals surface area contributed by atoms with Gasteiger partial charge in [-0.3, -0.25) is 9.69 Å². The summed E-state index contributed by atoms with van der Waals surface area (Å²) in [6, 6.07) is 7.85. The molecule has 0 amide bonds. The van der Waals surface area contributed by atoms with Crippen molar-refractivity contribution in [2.75, 3.05) is 53.1 Å². The number of ketones is 1. The Morgan fingerprint density at radius 2 is 1.76 bits per heavy atom. The number of carbonyl (C=O) groups excluding carboxylic acids is 1. The lowest BCUT2D eigenvalue weighted by Gasteiger charge is -2.32. The van der Waals surface area contributed by atoms with Crippen LogP contribution >= 0.6 is 0 Å². The van der Waals surface area contributed by atoms with Gasteiger partial charge in [-0.1, -0.05) is 27.4 Å². The third-order valence-electron chi connectivity index (χ3n) is 8.14. The molecule has 1 aliphatic heterocycles. The fraction of sp³-hybridized carbons (Fsp3) is 0.515. The van der Waals surface area contributed by atoms with Crippen molar-refractivity contribution in [1.82, 2.24) is 9.80 Å². The highest BCUT2D eigenvalue weighted by atomic mass is 19.1. The van der Waals surface area contributed by atoms with E-state index in [2.05, 4.69) is 38.3 Å². The maximum Gasteiger partial charge on any atom is 0.197 e. The smallest absolute Gasteiger partial charge is 0.197 e. The van der Waals surface area contributed by atoms with Crippen LogP contribution in [0.1, 0.15) is 80.1 Å². The van der Waals surface area contributed by atoms with Crippen LogP contribution < -0.4 is 9.47 Å². The Hall–Kier alpha value is -3.23. The summed E-state index contributed by atoms with van der Waals surface area (Å²) >= 11 is 0. The van der Waals surface area contributed by atoms with Gasteiger partial charge in [0.25, 0.3) is 0 Å². The van der Waals surface area contributed by atoms with Gasteiger partial charge in [-0.25, -0.2) is 4.39 Å². The monoisotopic (exact) mass is 565 g/mol. The number of morpholine rings is 1. The van der Waals surface area contributed by atoms with E-state index < -0.39 is 11.4 Å². The van der Waals surface area contributed by atoms with E-state index in [1.54, 1.807) is 13.0 Å². The molecule has 1 saturated heterocycles. The van der Waals surface area contributed by atoms with Crippen molar-refractivity contribution in [2.24, 2.45) is 0 Å². The lowest BCUT2D eigenvalue weighted by Crippen LogP contribution is -2.37. The number of hydrogen-bond donors (Lipinski definition) is 1. The average molecular weight is 566 g/mol. The van der Waals surface area contributed by atoms with Gasteiger partial charge in [-0.05, 0) is 80.1 Å². The molecule has 222 valence electrons. The van der Waals surface area contributed by atoms with Crippen LogP contribution in [0.15, 0.2) is 30.8 Å². The summed E-state index contributed by atoms with van der Waals surface area (Å²) in [7, 11) is 1.90. The van der Waals surface area contributed by atoms with Crippen LogP contribution in [0.4, 0.5) is 4.39 Å². The van der Waals surface area contributed by atoms with Gasteiger partial charge in [0, 0.05) is 41.7 Å². The van der Waals surface area contributed by atoms with E-state index in [1.165, 1.54) is 0 Å². The molecule has 7 nitrogen and oxygen atoms in total. The van der Waals surface area contributed by atoms with Crippen LogP contribution in [0.2, 0.25) is 0 Å². The maximum absolute atomic E-state index is 15.6. The molecule has 0 aromatic heterocycles. The largest absolute Gasteiger partial charge is 0.490 e. The number of Topliss-reactive ketones (excluding diaryl/α,β-unsaturated/α-hetero) is 1. The average Bonchev–Trinajstić information content (AvgIpc) is 3.76.